The lowest BCUT2D eigenvalue weighted by atomic mass is 10.0. The van der Waals surface area contributed by atoms with Crippen LogP contribution in [0.25, 0.3) is 0 Å². The molecule has 2 aliphatic heterocycles. The monoisotopic (exact) mass is 398 g/mol. The van der Waals surface area contributed by atoms with E-state index in [0.29, 0.717) is 6.04 Å². The number of likely N-dealkylation sites (N-methyl/N-ethyl adjacent to an activating group) is 1. The summed E-state index contributed by atoms with van der Waals surface area (Å²) in [5.41, 5.74) is 1.32. The summed E-state index contributed by atoms with van der Waals surface area (Å²) >= 11 is 1.58. The molecule has 0 radical (unpaired) electrons. The Balaban J connectivity index is 1.34. The maximum absolute atomic E-state index is 13.0. The second kappa shape index (κ2) is 9.16. The number of rotatable bonds is 6. The van der Waals surface area contributed by atoms with Crippen LogP contribution in [-0.2, 0) is 13.1 Å². The molecule has 5 nitrogen and oxygen atoms in total. The highest BCUT2D eigenvalue weighted by molar-refractivity contribution is 7.13. The third-order valence-electron chi connectivity index (χ3n) is 5.90. The van der Waals surface area contributed by atoms with Gasteiger partial charge in [-0.15, -0.1) is 11.3 Å². The van der Waals surface area contributed by atoms with Crippen molar-refractivity contribution in [3.63, 3.8) is 0 Å². The number of aromatic nitrogens is 1. The van der Waals surface area contributed by atoms with Crippen LogP contribution in [0.2, 0.25) is 0 Å². The predicted octanol–water partition coefficient (Wildman–Crippen LogP) is 3.48. The molecule has 2 fully saturated rings. The minimum absolute atomic E-state index is 0.156. The van der Waals surface area contributed by atoms with E-state index >= 15 is 0 Å². The fourth-order valence-corrected chi connectivity index (χ4v) is 5.20. The van der Waals surface area contributed by atoms with Gasteiger partial charge in [0.05, 0.1) is 12.7 Å². The van der Waals surface area contributed by atoms with Crippen LogP contribution < -0.4 is 0 Å². The third kappa shape index (κ3) is 4.80. The number of carbonyl (C=O) groups is 1. The Morgan fingerprint density at radius 2 is 1.96 bits per heavy atom. The molecule has 6 heteroatoms. The molecule has 28 heavy (non-hydrogen) atoms. The lowest BCUT2D eigenvalue weighted by Gasteiger charge is -2.37. The number of thiazole rings is 1. The molecule has 1 aromatic carbocycles. The average molecular weight is 399 g/mol. The first-order valence-corrected chi connectivity index (χ1v) is 11.2. The average Bonchev–Trinajstić information content (AvgIpc) is 3.41. The molecule has 3 heterocycles. The normalized spacial score (nSPS) is 20.8. The van der Waals surface area contributed by atoms with Crippen LogP contribution in [0, 0.1) is 0 Å². The Morgan fingerprint density at radius 1 is 1.18 bits per heavy atom. The minimum atomic E-state index is 0.156. The van der Waals surface area contributed by atoms with Gasteiger partial charge in [0.1, 0.15) is 9.88 Å². The van der Waals surface area contributed by atoms with Gasteiger partial charge in [0.25, 0.3) is 5.91 Å². The quantitative estimate of drug-likeness (QED) is 0.747. The minimum Gasteiger partial charge on any atom is -0.336 e. The van der Waals surface area contributed by atoms with Gasteiger partial charge < -0.3 is 4.90 Å². The molecule has 0 spiro atoms. The Hall–Kier alpha value is -1.76. The molecule has 150 valence electrons. The van der Waals surface area contributed by atoms with E-state index in [1.807, 2.05) is 4.90 Å². The fraction of sp³-hybridized carbons (Fsp3) is 0.545. The second-order valence-corrected chi connectivity index (χ2v) is 9.16. The summed E-state index contributed by atoms with van der Waals surface area (Å²) in [6.07, 6.45) is 6.56. The molecule has 2 aromatic rings. The summed E-state index contributed by atoms with van der Waals surface area (Å²) < 4.78 is 0. The number of amides is 1. The van der Waals surface area contributed by atoms with E-state index in [2.05, 4.69) is 52.2 Å². The summed E-state index contributed by atoms with van der Waals surface area (Å²) in [6, 6.07) is 11.0. The molecule has 2 aliphatic rings. The van der Waals surface area contributed by atoms with Crippen molar-refractivity contribution in [2.24, 2.45) is 0 Å². The zero-order chi connectivity index (χ0) is 19.3. The molecule has 2 saturated heterocycles. The van der Waals surface area contributed by atoms with Crippen LogP contribution >= 0.6 is 11.3 Å². The van der Waals surface area contributed by atoms with Gasteiger partial charge in [0.15, 0.2) is 0 Å². The molecule has 0 saturated carbocycles. The Labute approximate surface area is 172 Å². The van der Waals surface area contributed by atoms with Crippen molar-refractivity contribution in [1.82, 2.24) is 19.7 Å². The summed E-state index contributed by atoms with van der Waals surface area (Å²) in [6.45, 7) is 5.79. The van der Waals surface area contributed by atoms with Crippen molar-refractivity contribution < 1.29 is 4.79 Å². The smallest absolute Gasteiger partial charge is 0.265 e. The third-order valence-corrected chi connectivity index (χ3v) is 6.87. The molecule has 0 aliphatic carbocycles. The maximum atomic E-state index is 13.0. The molecular weight excluding hydrogens is 368 g/mol. The first-order valence-electron chi connectivity index (χ1n) is 10.4. The van der Waals surface area contributed by atoms with Crippen molar-refractivity contribution in [3.8, 4) is 0 Å². The van der Waals surface area contributed by atoms with Crippen LogP contribution in [0.3, 0.4) is 0 Å². The lowest BCUT2D eigenvalue weighted by molar-refractivity contribution is 0.0606. The highest BCUT2D eigenvalue weighted by Gasteiger charge is 2.28. The van der Waals surface area contributed by atoms with Crippen molar-refractivity contribution in [2.45, 2.75) is 44.8 Å². The van der Waals surface area contributed by atoms with E-state index < -0.39 is 0 Å². The van der Waals surface area contributed by atoms with E-state index in [9.17, 15) is 4.79 Å². The molecule has 1 aromatic heterocycles. The number of likely N-dealkylation sites (tertiary alicyclic amines) is 2. The van der Waals surface area contributed by atoms with E-state index in [-0.39, 0.29) is 5.91 Å². The van der Waals surface area contributed by atoms with Crippen molar-refractivity contribution in [2.75, 3.05) is 33.2 Å². The molecule has 4 rings (SSSR count). The fourth-order valence-electron chi connectivity index (χ4n) is 4.27. The van der Waals surface area contributed by atoms with Crippen LogP contribution in [0.4, 0.5) is 0 Å². The SMILES string of the molecule is CN(Cc1ccccc1)C1CCCN(C(=O)c2cnc(CN3CCCC3)s2)C1. The number of carbonyl (C=O) groups excluding carboxylic acids is 1. The van der Waals surface area contributed by atoms with Crippen molar-refractivity contribution in [3.05, 3.63) is 52.0 Å². The van der Waals surface area contributed by atoms with Crippen LogP contribution in [0.1, 0.15) is 45.9 Å². The molecule has 1 amide bonds. The van der Waals surface area contributed by atoms with E-state index in [0.717, 1.165) is 62.0 Å². The summed E-state index contributed by atoms with van der Waals surface area (Å²) in [5, 5.41) is 1.07. The predicted molar refractivity (Wildman–Crippen MR) is 113 cm³/mol. The standard InChI is InChI=1S/C22H30N4OS/c1-24(15-18-8-3-2-4-9-18)19-10-7-13-26(16-19)22(27)20-14-23-21(28-20)17-25-11-5-6-12-25/h2-4,8-9,14,19H,5-7,10-13,15-17H2,1H3. The summed E-state index contributed by atoms with van der Waals surface area (Å²) in [4.78, 5) is 25.2. The van der Waals surface area contributed by atoms with Gasteiger partial charge in [0, 0.05) is 25.7 Å². The molecule has 0 N–H and O–H groups in total. The molecule has 1 unspecified atom stereocenters. The van der Waals surface area contributed by atoms with Gasteiger partial charge in [0.2, 0.25) is 0 Å². The molecular formula is C22H30N4OS. The highest BCUT2D eigenvalue weighted by Crippen LogP contribution is 2.23. The summed E-state index contributed by atoms with van der Waals surface area (Å²) in [7, 11) is 2.17. The first-order chi connectivity index (χ1) is 13.7. The van der Waals surface area contributed by atoms with Gasteiger partial charge in [-0.3, -0.25) is 14.6 Å². The Bertz CT molecular complexity index is 772. The zero-order valence-electron chi connectivity index (χ0n) is 16.7. The highest BCUT2D eigenvalue weighted by atomic mass is 32.1. The van der Waals surface area contributed by atoms with Gasteiger partial charge >= 0.3 is 0 Å². The zero-order valence-corrected chi connectivity index (χ0v) is 17.5. The number of piperidine rings is 1. The van der Waals surface area contributed by atoms with Gasteiger partial charge in [-0.05, 0) is 51.4 Å². The number of hydrogen-bond acceptors (Lipinski definition) is 5. The van der Waals surface area contributed by atoms with Crippen LogP contribution in [-0.4, -0.2) is 64.9 Å². The van der Waals surface area contributed by atoms with Crippen LogP contribution in [0.15, 0.2) is 36.5 Å². The second-order valence-electron chi connectivity index (χ2n) is 8.05. The first kappa shape index (κ1) is 19.6. The topological polar surface area (TPSA) is 39.7 Å². The van der Waals surface area contributed by atoms with Gasteiger partial charge in [-0.2, -0.15) is 0 Å². The largest absolute Gasteiger partial charge is 0.336 e. The number of benzene rings is 1. The Kier molecular flexibility index (Phi) is 6.40. The van der Waals surface area contributed by atoms with Crippen molar-refractivity contribution in [1.29, 1.82) is 0 Å². The van der Waals surface area contributed by atoms with Gasteiger partial charge in [-0.25, -0.2) is 4.98 Å². The number of nitrogens with zero attached hydrogens (tertiary/aromatic N) is 4. The van der Waals surface area contributed by atoms with E-state index in [1.54, 1.807) is 17.5 Å². The van der Waals surface area contributed by atoms with Gasteiger partial charge in [-0.1, -0.05) is 30.3 Å². The van der Waals surface area contributed by atoms with E-state index in [1.165, 1.54) is 18.4 Å². The van der Waals surface area contributed by atoms with Crippen LogP contribution in [0.5, 0.6) is 0 Å². The van der Waals surface area contributed by atoms with Crippen molar-refractivity contribution >= 4 is 17.2 Å². The molecule has 0 bridgehead atoms. The molecule has 1 atom stereocenters. The lowest BCUT2D eigenvalue weighted by Crippen LogP contribution is -2.48. The van der Waals surface area contributed by atoms with E-state index in [4.69, 9.17) is 0 Å². The summed E-state index contributed by atoms with van der Waals surface area (Å²) in [5.74, 6) is 0.156. The number of hydrogen-bond donors (Lipinski definition) is 0. The maximum Gasteiger partial charge on any atom is 0.265 e. The Morgan fingerprint density at radius 3 is 2.75 bits per heavy atom.